The van der Waals surface area contributed by atoms with Gasteiger partial charge in [0, 0.05) is 19.4 Å². The molecule has 0 aliphatic heterocycles. The smallest absolute Gasteiger partial charge is 0.306 e. The van der Waals surface area contributed by atoms with E-state index in [2.05, 4.69) is 93.7 Å². The van der Waals surface area contributed by atoms with Gasteiger partial charge in [-0.3, -0.25) is 9.59 Å². The van der Waals surface area contributed by atoms with Crippen molar-refractivity contribution in [3.05, 3.63) is 72.9 Å². The number of carbonyl (C=O) groups excluding carboxylic acids is 2. The van der Waals surface area contributed by atoms with E-state index in [1.54, 1.807) is 0 Å². The van der Waals surface area contributed by atoms with Crippen LogP contribution in [0.3, 0.4) is 0 Å². The first-order valence-corrected chi connectivity index (χ1v) is 30.5. The molecule has 0 N–H and O–H groups in total. The third-order valence-corrected chi connectivity index (χ3v) is 13.2. The van der Waals surface area contributed by atoms with Crippen LogP contribution in [0.5, 0.6) is 0 Å². The Hall–Kier alpha value is -2.66. The van der Waals surface area contributed by atoms with E-state index >= 15 is 0 Å². The molecule has 0 heterocycles. The number of carbonyl (C=O) groups is 2. The average molecular weight is 978 g/mol. The zero-order valence-corrected chi connectivity index (χ0v) is 46.8. The molecule has 0 aliphatic rings. The van der Waals surface area contributed by atoms with Crippen molar-refractivity contribution in [2.75, 3.05) is 19.8 Å². The van der Waals surface area contributed by atoms with Gasteiger partial charge in [-0.2, -0.15) is 0 Å². The standard InChI is InChI=1S/C65H116O5/c1-4-7-10-13-16-19-22-25-28-31-32-33-36-39-42-45-48-51-54-57-60-68-61-63(70-65(67)59-56-53-50-47-44-41-38-35-30-27-24-21-18-15-12-9-6-3)62-69-64(66)58-55-52-49-46-43-40-37-34-29-26-23-20-17-14-11-8-5-2/h8,11,16-17,19-20,25-26,28-29,37,40,63H,4-7,9-10,12-15,18,21-24,27,30-36,38-39,41-62H2,1-3H3/b11-8-,19-16-,20-17-,28-25-,29-26-,40-37-. The molecule has 0 saturated heterocycles. The molecule has 5 heteroatoms. The summed E-state index contributed by atoms with van der Waals surface area (Å²) >= 11 is 0. The number of ether oxygens (including phenoxy) is 3. The third kappa shape index (κ3) is 57.9. The monoisotopic (exact) mass is 977 g/mol. The highest BCUT2D eigenvalue weighted by Gasteiger charge is 2.17. The van der Waals surface area contributed by atoms with E-state index < -0.39 is 6.10 Å². The predicted octanol–water partition coefficient (Wildman–Crippen LogP) is 21.0. The minimum atomic E-state index is -0.549. The van der Waals surface area contributed by atoms with Gasteiger partial charge in [-0.15, -0.1) is 0 Å². The summed E-state index contributed by atoms with van der Waals surface area (Å²) < 4.78 is 17.5. The van der Waals surface area contributed by atoms with Crippen molar-refractivity contribution in [1.82, 2.24) is 0 Å². The largest absolute Gasteiger partial charge is 0.462 e. The summed E-state index contributed by atoms with van der Waals surface area (Å²) in [6.45, 7) is 7.71. The highest BCUT2D eigenvalue weighted by atomic mass is 16.6. The van der Waals surface area contributed by atoms with Gasteiger partial charge >= 0.3 is 11.9 Å². The van der Waals surface area contributed by atoms with Crippen LogP contribution in [-0.4, -0.2) is 37.9 Å². The molecule has 0 radical (unpaired) electrons. The van der Waals surface area contributed by atoms with Gasteiger partial charge in [-0.05, 0) is 89.9 Å². The number of hydrogen-bond donors (Lipinski definition) is 0. The lowest BCUT2D eigenvalue weighted by molar-refractivity contribution is -0.163. The molecule has 0 rings (SSSR count). The van der Waals surface area contributed by atoms with Crippen LogP contribution in [0.15, 0.2) is 72.9 Å². The molecule has 0 spiro atoms. The molecule has 70 heavy (non-hydrogen) atoms. The van der Waals surface area contributed by atoms with Gasteiger partial charge < -0.3 is 14.2 Å². The maximum Gasteiger partial charge on any atom is 0.306 e. The molecule has 0 fully saturated rings. The Bertz CT molecular complexity index is 1240. The van der Waals surface area contributed by atoms with Crippen LogP contribution in [0.25, 0.3) is 0 Å². The number of allylic oxidation sites excluding steroid dienone is 12. The fourth-order valence-electron chi connectivity index (χ4n) is 8.71. The summed E-state index contributed by atoms with van der Waals surface area (Å²) in [6, 6.07) is 0. The van der Waals surface area contributed by atoms with Gasteiger partial charge in [-0.25, -0.2) is 0 Å². The summed E-state index contributed by atoms with van der Waals surface area (Å²) in [5, 5.41) is 0. The third-order valence-electron chi connectivity index (χ3n) is 13.2. The topological polar surface area (TPSA) is 61.8 Å². The molecule has 1 unspecified atom stereocenters. The fourth-order valence-corrected chi connectivity index (χ4v) is 8.71. The summed E-state index contributed by atoms with van der Waals surface area (Å²) in [5.41, 5.74) is 0. The van der Waals surface area contributed by atoms with E-state index in [4.69, 9.17) is 14.2 Å². The summed E-state index contributed by atoms with van der Waals surface area (Å²) in [7, 11) is 0. The van der Waals surface area contributed by atoms with E-state index in [1.165, 1.54) is 180 Å². The lowest BCUT2D eigenvalue weighted by Crippen LogP contribution is -2.30. The molecule has 5 nitrogen and oxygen atoms in total. The van der Waals surface area contributed by atoms with Crippen molar-refractivity contribution in [3.63, 3.8) is 0 Å². The number of rotatable bonds is 56. The van der Waals surface area contributed by atoms with Crippen molar-refractivity contribution in [3.8, 4) is 0 Å². The molecule has 406 valence electrons. The maximum atomic E-state index is 12.9. The van der Waals surface area contributed by atoms with E-state index in [0.29, 0.717) is 19.4 Å². The van der Waals surface area contributed by atoms with E-state index in [0.717, 1.165) is 89.9 Å². The molecule has 0 aromatic heterocycles. The van der Waals surface area contributed by atoms with Crippen LogP contribution >= 0.6 is 0 Å². The normalized spacial score (nSPS) is 12.7. The quantitative estimate of drug-likeness (QED) is 0.0345. The molecule has 0 bridgehead atoms. The second-order valence-corrected chi connectivity index (χ2v) is 20.2. The van der Waals surface area contributed by atoms with Gasteiger partial charge in [0.2, 0.25) is 0 Å². The Kier molecular flexibility index (Phi) is 58.3. The molecule has 0 amide bonds. The Morgan fingerprint density at radius 3 is 1.06 bits per heavy atom. The van der Waals surface area contributed by atoms with Crippen LogP contribution in [-0.2, 0) is 23.8 Å². The molecule has 0 aromatic rings. The Morgan fingerprint density at radius 2 is 0.643 bits per heavy atom. The number of hydrogen-bond acceptors (Lipinski definition) is 5. The molecule has 0 aliphatic carbocycles. The second kappa shape index (κ2) is 60.6. The first-order chi connectivity index (χ1) is 34.6. The van der Waals surface area contributed by atoms with Gasteiger partial charge in [-0.1, -0.05) is 273 Å². The van der Waals surface area contributed by atoms with Crippen LogP contribution in [0.2, 0.25) is 0 Å². The Balaban J connectivity index is 4.29. The first-order valence-electron chi connectivity index (χ1n) is 30.5. The zero-order chi connectivity index (χ0) is 50.6. The predicted molar refractivity (Wildman–Crippen MR) is 307 cm³/mol. The molecular weight excluding hydrogens is 861 g/mol. The highest BCUT2D eigenvalue weighted by molar-refractivity contribution is 5.70. The van der Waals surface area contributed by atoms with Crippen molar-refractivity contribution < 1.29 is 23.8 Å². The number of unbranched alkanes of at least 4 members (excludes halogenated alkanes) is 33. The van der Waals surface area contributed by atoms with Crippen LogP contribution in [0.4, 0.5) is 0 Å². The van der Waals surface area contributed by atoms with E-state index in [1.807, 2.05) is 0 Å². The summed E-state index contributed by atoms with van der Waals surface area (Å²) in [6.07, 6.45) is 79.3. The summed E-state index contributed by atoms with van der Waals surface area (Å²) in [4.78, 5) is 25.6. The maximum absolute atomic E-state index is 12.9. The Labute approximate surface area is 436 Å². The number of esters is 2. The highest BCUT2D eigenvalue weighted by Crippen LogP contribution is 2.16. The van der Waals surface area contributed by atoms with E-state index in [9.17, 15) is 9.59 Å². The van der Waals surface area contributed by atoms with Crippen molar-refractivity contribution >= 4 is 11.9 Å². The van der Waals surface area contributed by atoms with Crippen molar-refractivity contribution in [2.45, 2.75) is 309 Å². The lowest BCUT2D eigenvalue weighted by Gasteiger charge is -2.18. The SMILES string of the molecule is CC/C=C\C/C=C\C/C=C\C/C=C\CCCCCCC(=O)OCC(COCCCCCCCCCCCC/C=C\C/C=C\CCCCC)OC(=O)CCCCCCCCCCCCCCCCCCC. The molecular formula is C65H116O5. The molecule has 0 saturated carbocycles. The summed E-state index contributed by atoms with van der Waals surface area (Å²) in [5.74, 6) is -0.413. The van der Waals surface area contributed by atoms with Crippen molar-refractivity contribution in [1.29, 1.82) is 0 Å². The first kappa shape index (κ1) is 67.3. The van der Waals surface area contributed by atoms with Crippen molar-refractivity contribution in [2.24, 2.45) is 0 Å². The lowest BCUT2D eigenvalue weighted by atomic mass is 10.0. The second-order valence-electron chi connectivity index (χ2n) is 20.2. The van der Waals surface area contributed by atoms with E-state index in [-0.39, 0.29) is 25.2 Å². The Morgan fingerprint density at radius 1 is 0.329 bits per heavy atom. The van der Waals surface area contributed by atoms with Crippen LogP contribution in [0, 0.1) is 0 Å². The fraction of sp³-hybridized carbons (Fsp3) is 0.785. The average Bonchev–Trinajstić information content (AvgIpc) is 3.36. The van der Waals surface area contributed by atoms with Crippen LogP contribution in [0.1, 0.15) is 303 Å². The van der Waals surface area contributed by atoms with Gasteiger partial charge in [0.25, 0.3) is 0 Å². The molecule has 0 aromatic carbocycles. The van der Waals surface area contributed by atoms with Crippen LogP contribution < -0.4 is 0 Å². The van der Waals surface area contributed by atoms with Gasteiger partial charge in [0.05, 0.1) is 6.61 Å². The zero-order valence-electron chi connectivity index (χ0n) is 46.8. The minimum absolute atomic E-state index is 0.0724. The minimum Gasteiger partial charge on any atom is -0.462 e. The van der Waals surface area contributed by atoms with Gasteiger partial charge in [0.15, 0.2) is 6.10 Å². The van der Waals surface area contributed by atoms with Gasteiger partial charge in [0.1, 0.15) is 6.61 Å². The molecule has 1 atom stereocenters.